The van der Waals surface area contributed by atoms with E-state index in [4.69, 9.17) is 28.9 Å². The Hall–Kier alpha value is -0.680. The van der Waals surface area contributed by atoms with E-state index in [1.54, 1.807) is 18.2 Å². The lowest BCUT2D eigenvalue weighted by molar-refractivity contribution is 0.913. The molecule has 6 heteroatoms. The van der Waals surface area contributed by atoms with Crippen molar-refractivity contribution in [2.75, 3.05) is 6.54 Å². The number of hydrogen-bond donors (Lipinski definition) is 1. The molecule has 0 aliphatic carbocycles. The molecule has 0 saturated heterocycles. The van der Waals surface area contributed by atoms with Crippen LogP contribution in [-0.2, 0) is 6.42 Å². The monoisotopic (exact) mass is 273 g/mol. The Bertz CT molecular complexity index is 478. The van der Waals surface area contributed by atoms with Crippen molar-refractivity contribution in [1.29, 1.82) is 0 Å². The standard InChI is InChI=1S/C10H9Cl2N3S/c11-6-2-1-3-7(12)9(6)10-15-14-8(16-10)4-5-13/h1-3H,4-5,13H2. The third-order valence-corrected chi connectivity index (χ3v) is 3.63. The van der Waals surface area contributed by atoms with Crippen LogP contribution in [0.15, 0.2) is 18.2 Å². The molecule has 0 spiro atoms. The average Bonchev–Trinajstić information content (AvgIpc) is 2.67. The number of nitrogens with zero attached hydrogens (tertiary/aromatic N) is 2. The van der Waals surface area contributed by atoms with Gasteiger partial charge in [-0.2, -0.15) is 0 Å². The normalized spacial score (nSPS) is 10.7. The molecule has 3 nitrogen and oxygen atoms in total. The molecule has 0 radical (unpaired) electrons. The van der Waals surface area contributed by atoms with E-state index in [0.29, 0.717) is 16.6 Å². The first-order valence-corrected chi connectivity index (χ1v) is 6.26. The maximum atomic E-state index is 6.08. The van der Waals surface area contributed by atoms with E-state index in [-0.39, 0.29) is 0 Å². The van der Waals surface area contributed by atoms with Crippen LogP contribution in [0, 0.1) is 0 Å². The molecule has 0 saturated carbocycles. The molecule has 0 aliphatic rings. The van der Waals surface area contributed by atoms with Crippen molar-refractivity contribution in [3.63, 3.8) is 0 Å². The second-order valence-electron chi connectivity index (χ2n) is 3.14. The summed E-state index contributed by atoms with van der Waals surface area (Å²) in [4.78, 5) is 0. The molecular weight excluding hydrogens is 265 g/mol. The van der Waals surface area contributed by atoms with Crippen LogP contribution in [-0.4, -0.2) is 16.7 Å². The van der Waals surface area contributed by atoms with E-state index < -0.39 is 0 Å². The number of nitrogens with two attached hydrogens (primary N) is 1. The molecule has 0 fully saturated rings. The summed E-state index contributed by atoms with van der Waals surface area (Å²) in [6.45, 7) is 0.560. The quantitative estimate of drug-likeness (QED) is 0.936. The highest BCUT2D eigenvalue weighted by Gasteiger charge is 2.13. The zero-order valence-electron chi connectivity index (χ0n) is 8.28. The van der Waals surface area contributed by atoms with E-state index in [9.17, 15) is 0 Å². The zero-order chi connectivity index (χ0) is 11.5. The number of hydrogen-bond acceptors (Lipinski definition) is 4. The first kappa shape index (κ1) is 11.8. The van der Waals surface area contributed by atoms with E-state index >= 15 is 0 Å². The van der Waals surface area contributed by atoms with E-state index in [1.165, 1.54) is 11.3 Å². The Morgan fingerprint density at radius 1 is 1.19 bits per heavy atom. The molecule has 0 aliphatic heterocycles. The topological polar surface area (TPSA) is 51.8 Å². The summed E-state index contributed by atoms with van der Waals surface area (Å²) >= 11 is 13.6. The Morgan fingerprint density at radius 2 is 1.88 bits per heavy atom. The van der Waals surface area contributed by atoms with Crippen LogP contribution in [0.1, 0.15) is 5.01 Å². The summed E-state index contributed by atoms with van der Waals surface area (Å²) < 4.78 is 0. The SMILES string of the molecule is NCCc1nnc(-c2c(Cl)cccc2Cl)s1. The van der Waals surface area contributed by atoms with Crippen molar-refractivity contribution in [1.82, 2.24) is 10.2 Å². The van der Waals surface area contributed by atoms with Crippen molar-refractivity contribution in [3.8, 4) is 10.6 Å². The predicted octanol–water partition coefficient (Wildman–Crippen LogP) is 3.01. The van der Waals surface area contributed by atoms with Gasteiger partial charge in [-0.05, 0) is 18.7 Å². The third-order valence-electron chi connectivity index (χ3n) is 2.00. The summed E-state index contributed by atoms with van der Waals surface area (Å²) in [6.07, 6.45) is 0.722. The van der Waals surface area contributed by atoms with Gasteiger partial charge in [0, 0.05) is 12.0 Å². The molecule has 1 aromatic heterocycles. The van der Waals surface area contributed by atoms with Gasteiger partial charge in [-0.3, -0.25) is 0 Å². The van der Waals surface area contributed by atoms with Crippen molar-refractivity contribution in [3.05, 3.63) is 33.3 Å². The summed E-state index contributed by atoms with van der Waals surface area (Å²) in [5.41, 5.74) is 6.20. The molecule has 84 valence electrons. The molecule has 2 rings (SSSR count). The van der Waals surface area contributed by atoms with E-state index in [0.717, 1.165) is 22.0 Å². The lowest BCUT2D eigenvalue weighted by atomic mass is 10.2. The Morgan fingerprint density at radius 3 is 2.50 bits per heavy atom. The molecule has 1 heterocycles. The fraction of sp³-hybridized carbons (Fsp3) is 0.200. The average molecular weight is 274 g/mol. The van der Waals surface area contributed by atoms with Crippen LogP contribution in [0.5, 0.6) is 0 Å². The minimum Gasteiger partial charge on any atom is -0.330 e. The highest BCUT2D eigenvalue weighted by molar-refractivity contribution is 7.14. The van der Waals surface area contributed by atoms with Gasteiger partial charge in [-0.15, -0.1) is 10.2 Å². The fourth-order valence-electron chi connectivity index (χ4n) is 1.28. The first-order valence-electron chi connectivity index (χ1n) is 4.69. The highest BCUT2D eigenvalue weighted by atomic mass is 35.5. The molecule has 1 aromatic carbocycles. The van der Waals surface area contributed by atoms with Gasteiger partial charge in [-0.1, -0.05) is 40.6 Å². The van der Waals surface area contributed by atoms with Crippen molar-refractivity contribution >= 4 is 34.5 Å². The second-order valence-corrected chi connectivity index (χ2v) is 5.01. The van der Waals surface area contributed by atoms with E-state index in [2.05, 4.69) is 10.2 Å². The smallest absolute Gasteiger partial charge is 0.150 e. The summed E-state index contributed by atoms with van der Waals surface area (Å²) in [7, 11) is 0. The fourth-order valence-corrected chi connectivity index (χ4v) is 2.90. The van der Waals surface area contributed by atoms with Crippen molar-refractivity contribution in [2.24, 2.45) is 5.73 Å². The largest absolute Gasteiger partial charge is 0.330 e. The first-order chi connectivity index (χ1) is 7.72. The number of aromatic nitrogens is 2. The summed E-state index contributed by atoms with van der Waals surface area (Å²) in [5, 5.41) is 10.9. The highest BCUT2D eigenvalue weighted by Crippen LogP contribution is 2.35. The van der Waals surface area contributed by atoms with Gasteiger partial charge in [-0.25, -0.2) is 0 Å². The molecule has 0 unspecified atom stereocenters. The van der Waals surface area contributed by atoms with Crippen molar-refractivity contribution in [2.45, 2.75) is 6.42 Å². The molecule has 2 aromatic rings. The van der Waals surface area contributed by atoms with Gasteiger partial charge in [0.1, 0.15) is 5.01 Å². The van der Waals surface area contributed by atoms with Crippen LogP contribution in [0.2, 0.25) is 10.0 Å². The summed E-state index contributed by atoms with van der Waals surface area (Å²) in [6, 6.07) is 5.37. The van der Waals surface area contributed by atoms with Crippen LogP contribution in [0.3, 0.4) is 0 Å². The molecular formula is C10H9Cl2N3S. The number of rotatable bonds is 3. The third kappa shape index (κ3) is 2.35. The lowest BCUT2D eigenvalue weighted by Gasteiger charge is -2.01. The molecule has 16 heavy (non-hydrogen) atoms. The Labute approximate surface area is 107 Å². The summed E-state index contributed by atoms with van der Waals surface area (Å²) in [5.74, 6) is 0. The lowest BCUT2D eigenvalue weighted by Crippen LogP contribution is -2.01. The van der Waals surface area contributed by atoms with Gasteiger partial charge >= 0.3 is 0 Å². The van der Waals surface area contributed by atoms with Crippen LogP contribution < -0.4 is 5.73 Å². The number of benzene rings is 1. The van der Waals surface area contributed by atoms with Gasteiger partial charge in [0.25, 0.3) is 0 Å². The van der Waals surface area contributed by atoms with Crippen LogP contribution >= 0.6 is 34.5 Å². The number of halogens is 2. The maximum Gasteiger partial charge on any atom is 0.150 e. The predicted molar refractivity (Wildman–Crippen MR) is 68.1 cm³/mol. The van der Waals surface area contributed by atoms with Gasteiger partial charge in [0.15, 0.2) is 5.01 Å². The molecule has 2 N–H and O–H groups in total. The van der Waals surface area contributed by atoms with Crippen molar-refractivity contribution < 1.29 is 0 Å². The maximum absolute atomic E-state index is 6.08. The van der Waals surface area contributed by atoms with Crippen LogP contribution in [0.4, 0.5) is 0 Å². The van der Waals surface area contributed by atoms with Gasteiger partial charge in [0.2, 0.25) is 0 Å². The second kappa shape index (κ2) is 5.10. The van der Waals surface area contributed by atoms with Crippen LogP contribution in [0.25, 0.3) is 10.6 Å². The minimum atomic E-state index is 0.560. The van der Waals surface area contributed by atoms with Gasteiger partial charge < -0.3 is 5.73 Å². The van der Waals surface area contributed by atoms with E-state index in [1.807, 2.05) is 0 Å². The Balaban J connectivity index is 2.42. The molecule has 0 bridgehead atoms. The molecule has 0 atom stereocenters. The zero-order valence-corrected chi connectivity index (χ0v) is 10.6. The van der Waals surface area contributed by atoms with Gasteiger partial charge in [0.05, 0.1) is 10.0 Å². The minimum absolute atomic E-state index is 0.560. The molecule has 0 amide bonds. The Kier molecular flexibility index (Phi) is 3.76.